The van der Waals surface area contributed by atoms with Crippen LogP contribution in [0.3, 0.4) is 0 Å². The van der Waals surface area contributed by atoms with Crippen LogP contribution in [0.5, 0.6) is 0 Å². The highest BCUT2D eigenvalue weighted by atomic mass is 127. The molecule has 3 nitrogen and oxygen atoms in total. The maximum atomic E-state index is 12.6. The SMILES string of the molecule is CC1(C)CC(=O)C=C(Nc2ncc(C(F)(F)F)cc2I)C1. The maximum absolute atomic E-state index is 12.6. The Morgan fingerprint density at radius 2 is 2.00 bits per heavy atom. The van der Waals surface area contributed by atoms with Gasteiger partial charge in [-0.15, -0.1) is 0 Å². The van der Waals surface area contributed by atoms with Gasteiger partial charge >= 0.3 is 6.18 Å². The number of allylic oxidation sites excluding steroid dienone is 2. The lowest BCUT2D eigenvalue weighted by Gasteiger charge is -2.29. The minimum Gasteiger partial charge on any atom is -0.343 e. The minimum atomic E-state index is -4.41. The summed E-state index contributed by atoms with van der Waals surface area (Å²) in [5.41, 5.74) is -0.265. The number of nitrogens with zero attached hydrogens (tertiary/aromatic N) is 1. The van der Waals surface area contributed by atoms with Crippen LogP contribution in [0.25, 0.3) is 0 Å². The number of pyridine rings is 1. The van der Waals surface area contributed by atoms with Crippen molar-refractivity contribution in [1.29, 1.82) is 0 Å². The largest absolute Gasteiger partial charge is 0.417 e. The number of hydrogen-bond acceptors (Lipinski definition) is 3. The first-order chi connectivity index (χ1) is 9.57. The Labute approximate surface area is 134 Å². The number of hydrogen-bond donors (Lipinski definition) is 1. The maximum Gasteiger partial charge on any atom is 0.417 e. The molecule has 0 aromatic carbocycles. The lowest BCUT2D eigenvalue weighted by molar-refractivity contribution is -0.137. The van der Waals surface area contributed by atoms with E-state index < -0.39 is 11.7 Å². The van der Waals surface area contributed by atoms with Crippen molar-refractivity contribution in [2.75, 3.05) is 5.32 Å². The van der Waals surface area contributed by atoms with Crippen LogP contribution in [0.1, 0.15) is 32.3 Å². The molecular weight excluding hydrogens is 396 g/mol. The molecule has 1 aromatic rings. The standard InChI is InChI=1S/C14H14F3IN2O/c1-13(2)5-9(4-10(21)6-13)20-12-11(18)3-8(7-19-12)14(15,16)17/h3-4,7H,5-6H2,1-2H3,(H,19,20). The monoisotopic (exact) mass is 410 g/mol. The van der Waals surface area contributed by atoms with Gasteiger partial charge in [0.05, 0.1) is 9.13 Å². The number of nitrogens with one attached hydrogen (secondary N) is 1. The van der Waals surface area contributed by atoms with Gasteiger partial charge in [-0.05, 0) is 40.5 Å². The summed E-state index contributed by atoms with van der Waals surface area (Å²) in [6.45, 7) is 3.95. The number of anilines is 1. The van der Waals surface area contributed by atoms with E-state index in [1.54, 1.807) is 22.6 Å². The summed E-state index contributed by atoms with van der Waals surface area (Å²) in [5.74, 6) is 0.344. The van der Waals surface area contributed by atoms with Crippen molar-refractivity contribution in [2.24, 2.45) is 5.41 Å². The molecule has 1 aliphatic rings. The number of carbonyl (C=O) groups excluding carboxylic acids is 1. The third-order valence-electron chi connectivity index (χ3n) is 3.10. The van der Waals surface area contributed by atoms with E-state index in [1.807, 2.05) is 13.8 Å². The van der Waals surface area contributed by atoms with Crippen LogP contribution < -0.4 is 5.32 Å². The fraction of sp³-hybridized carbons (Fsp3) is 0.429. The van der Waals surface area contributed by atoms with Crippen molar-refractivity contribution < 1.29 is 18.0 Å². The van der Waals surface area contributed by atoms with E-state index in [1.165, 1.54) is 6.08 Å². The number of carbonyl (C=O) groups is 1. The lowest BCUT2D eigenvalue weighted by atomic mass is 9.79. The van der Waals surface area contributed by atoms with Gasteiger partial charge in [-0.3, -0.25) is 4.79 Å². The second-order valence-corrected chi connectivity index (χ2v) is 6.99. The number of halogens is 4. The molecule has 1 aliphatic carbocycles. The van der Waals surface area contributed by atoms with E-state index in [-0.39, 0.29) is 11.2 Å². The molecule has 7 heteroatoms. The van der Waals surface area contributed by atoms with E-state index in [2.05, 4.69) is 10.3 Å². The molecule has 0 unspecified atom stereocenters. The van der Waals surface area contributed by atoms with Crippen molar-refractivity contribution in [1.82, 2.24) is 4.98 Å². The average molecular weight is 410 g/mol. The summed E-state index contributed by atoms with van der Waals surface area (Å²) in [5, 5.41) is 2.97. The summed E-state index contributed by atoms with van der Waals surface area (Å²) in [7, 11) is 0. The molecule has 0 saturated carbocycles. The molecule has 2 rings (SSSR count). The molecular formula is C14H14F3IN2O. The number of aromatic nitrogens is 1. The fourth-order valence-electron chi connectivity index (χ4n) is 2.26. The van der Waals surface area contributed by atoms with Gasteiger partial charge < -0.3 is 5.32 Å². The van der Waals surface area contributed by atoms with Gasteiger partial charge in [-0.2, -0.15) is 13.2 Å². The summed E-state index contributed by atoms with van der Waals surface area (Å²) in [6, 6.07) is 1.03. The van der Waals surface area contributed by atoms with Crippen LogP contribution in [-0.4, -0.2) is 10.8 Å². The Balaban J connectivity index is 2.23. The minimum absolute atomic E-state index is 0.00988. The number of rotatable bonds is 2. The molecule has 1 aromatic heterocycles. The zero-order valence-electron chi connectivity index (χ0n) is 11.5. The lowest BCUT2D eigenvalue weighted by Crippen LogP contribution is -2.24. The average Bonchev–Trinajstić information content (AvgIpc) is 2.27. The van der Waals surface area contributed by atoms with Crippen LogP contribution in [0.15, 0.2) is 24.0 Å². The molecule has 0 aliphatic heterocycles. The molecule has 0 atom stereocenters. The fourth-order valence-corrected chi connectivity index (χ4v) is 2.87. The molecule has 114 valence electrons. The van der Waals surface area contributed by atoms with E-state index in [4.69, 9.17) is 0 Å². The summed E-state index contributed by atoms with van der Waals surface area (Å²) in [4.78, 5) is 15.5. The van der Waals surface area contributed by atoms with Crippen molar-refractivity contribution in [3.63, 3.8) is 0 Å². The normalized spacial score (nSPS) is 18.4. The Kier molecular flexibility index (Phi) is 4.32. The van der Waals surface area contributed by atoms with Crippen molar-refractivity contribution in [3.05, 3.63) is 33.2 Å². The first-order valence-electron chi connectivity index (χ1n) is 6.30. The van der Waals surface area contributed by atoms with Crippen LogP contribution in [0.2, 0.25) is 0 Å². The Bertz CT molecular complexity index is 609. The zero-order chi connectivity index (χ0) is 15.8. The first kappa shape index (κ1) is 16.3. The third-order valence-corrected chi connectivity index (χ3v) is 3.93. The van der Waals surface area contributed by atoms with E-state index in [0.717, 1.165) is 12.3 Å². The molecule has 21 heavy (non-hydrogen) atoms. The molecule has 0 saturated heterocycles. The van der Waals surface area contributed by atoms with E-state index in [0.29, 0.717) is 27.9 Å². The van der Waals surface area contributed by atoms with Gasteiger partial charge in [0.15, 0.2) is 5.78 Å². The van der Waals surface area contributed by atoms with Gasteiger partial charge in [0.25, 0.3) is 0 Å². The predicted octanol–water partition coefficient (Wildman–Crippen LogP) is 4.39. The second kappa shape index (κ2) is 5.58. The summed E-state index contributed by atoms with van der Waals surface area (Å²) >= 11 is 1.80. The molecule has 1 N–H and O–H groups in total. The molecule has 0 amide bonds. The van der Waals surface area contributed by atoms with Gasteiger partial charge in [-0.25, -0.2) is 4.98 Å². The van der Waals surface area contributed by atoms with Gasteiger partial charge in [0, 0.05) is 24.4 Å². The van der Waals surface area contributed by atoms with Crippen molar-refractivity contribution in [2.45, 2.75) is 32.9 Å². The third kappa shape index (κ3) is 4.18. The second-order valence-electron chi connectivity index (χ2n) is 5.83. The van der Waals surface area contributed by atoms with Crippen LogP contribution >= 0.6 is 22.6 Å². The van der Waals surface area contributed by atoms with Crippen LogP contribution in [0.4, 0.5) is 19.0 Å². The van der Waals surface area contributed by atoms with Crippen molar-refractivity contribution in [3.8, 4) is 0 Å². The highest BCUT2D eigenvalue weighted by Gasteiger charge is 2.32. The summed E-state index contributed by atoms with van der Waals surface area (Å²) in [6.07, 6.45) is -0.998. The van der Waals surface area contributed by atoms with E-state index >= 15 is 0 Å². The zero-order valence-corrected chi connectivity index (χ0v) is 13.7. The van der Waals surface area contributed by atoms with Crippen LogP contribution in [0, 0.1) is 8.99 Å². The Morgan fingerprint density at radius 3 is 2.52 bits per heavy atom. The van der Waals surface area contributed by atoms with E-state index in [9.17, 15) is 18.0 Å². The Hall–Kier alpha value is -1.12. The smallest absolute Gasteiger partial charge is 0.343 e. The number of alkyl halides is 3. The Morgan fingerprint density at radius 1 is 1.33 bits per heavy atom. The highest BCUT2D eigenvalue weighted by Crippen LogP contribution is 2.35. The highest BCUT2D eigenvalue weighted by molar-refractivity contribution is 14.1. The number of ketones is 1. The quantitative estimate of drug-likeness (QED) is 0.736. The predicted molar refractivity (Wildman–Crippen MR) is 81.7 cm³/mol. The van der Waals surface area contributed by atoms with Crippen molar-refractivity contribution >= 4 is 34.2 Å². The topological polar surface area (TPSA) is 42.0 Å². The molecule has 0 radical (unpaired) electrons. The first-order valence-corrected chi connectivity index (χ1v) is 7.38. The van der Waals surface area contributed by atoms with Gasteiger partial charge in [0.1, 0.15) is 5.82 Å². The molecule has 0 fully saturated rings. The van der Waals surface area contributed by atoms with Crippen LogP contribution in [-0.2, 0) is 11.0 Å². The molecule has 0 bridgehead atoms. The molecule has 0 spiro atoms. The molecule has 1 heterocycles. The van der Waals surface area contributed by atoms with Gasteiger partial charge in [0.2, 0.25) is 0 Å². The summed E-state index contributed by atoms with van der Waals surface area (Å²) < 4.78 is 38.1. The van der Waals surface area contributed by atoms with Gasteiger partial charge in [-0.1, -0.05) is 13.8 Å².